The van der Waals surface area contributed by atoms with Gasteiger partial charge in [0.2, 0.25) is 0 Å². The number of halogens is 4. The average molecular weight is 1070 g/mol. The average Bonchev–Trinajstić information content (AvgIpc) is 2.70. The third-order valence-electron chi connectivity index (χ3n) is 2.31. The van der Waals surface area contributed by atoms with Crippen molar-refractivity contribution < 1.29 is 9.72 Å². The van der Waals surface area contributed by atoms with E-state index >= 15 is 0 Å². The Kier molecular flexibility index (Phi) is 145. The first-order chi connectivity index (χ1) is 17.0. The standard InChI is InChI=1S/3C5H13N.C5H11N.C3H6O.C2H7N.CH3I.3CH4.3HI.V/c4*1-4-6-5(2)3;1-3(2)4;1-2-3;1-2;;;;;;;/h3*5-6H,4H2,1-3H3;4H2,1-3H3;1-2H3;2-3H2,1H3;1H3;3*1H4;3*1H;/q;;;;;;;;;;;;;+3/p-3. The summed E-state index contributed by atoms with van der Waals surface area (Å²) in [7, 11) is 0. The van der Waals surface area contributed by atoms with Crippen LogP contribution in [0.2, 0.25) is 0 Å². The molecule has 6 nitrogen and oxygen atoms in total. The van der Waals surface area contributed by atoms with Gasteiger partial charge in [-0.15, -0.1) is 0 Å². The molecule has 0 aromatic rings. The third-order valence-corrected chi connectivity index (χ3v) is 2.31. The zero-order valence-electron chi connectivity index (χ0n) is 27.2. The number of Topliss-reactive ketones (excluding diaryl/α,β-unsaturated/α-hetero) is 1. The van der Waals surface area contributed by atoms with Gasteiger partial charge in [-0.1, -0.05) is 114 Å². The van der Waals surface area contributed by atoms with Crippen molar-refractivity contribution in [2.75, 3.05) is 37.7 Å². The van der Waals surface area contributed by atoms with Gasteiger partial charge in [-0.2, -0.15) is 0 Å². The maximum absolute atomic E-state index is 9.44. The first kappa shape index (κ1) is 73.9. The second-order valence-electron chi connectivity index (χ2n) is 8.07. The molecule has 0 spiro atoms. The normalized spacial score (nSPS) is 7.83. The molecular formula is C29H78I4N5OV. The Labute approximate surface area is 308 Å². The van der Waals surface area contributed by atoms with Crippen LogP contribution in [0.15, 0.2) is 4.99 Å². The molecule has 0 rings (SSSR count). The molecule has 0 saturated heterocycles. The Morgan fingerprint density at radius 3 is 0.825 bits per heavy atom. The van der Waals surface area contributed by atoms with E-state index in [0.717, 1.165) is 38.4 Å². The van der Waals surface area contributed by atoms with Crippen LogP contribution in [0.25, 0.3) is 0 Å². The first-order valence-electron chi connectivity index (χ1n) is 13.0. The molecule has 11 heteroatoms. The Hall–Kier alpha value is 2.68. The number of alkyl halides is 1. The minimum atomic E-state index is -0.278. The molecule has 0 heterocycles. The third kappa shape index (κ3) is 297. The molecule has 40 heavy (non-hydrogen) atoms. The summed E-state index contributed by atoms with van der Waals surface area (Å²) in [6.07, 6.45) is 0. The molecule has 5 N–H and O–H groups in total. The van der Waals surface area contributed by atoms with Crippen molar-refractivity contribution >= 4 is 94.0 Å². The molecule has 0 unspecified atom stereocenters. The molecule has 0 aliphatic rings. The van der Waals surface area contributed by atoms with Gasteiger partial charge in [-0.05, 0) is 65.7 Å². The molecular weight excluding hydrogens is 993 g/mol. The van der Waals surface area contributed by atoms with E-state index in [1.165, 1.54) is 13.8 Å². The zero-order valence-corrected chi connectivity index (χ0v) is 37.2. The van der Waals surface area contributed by atoms with Crippen LogP contribution in [-0.4, -0.2) is 67.3 Å². The van der Waals surface area contributed by atoms with Crippen LogP contribution < -0.4 is 21.7 Å². The number of ketones is 1. The molecule has 0 aromatic heterocycles. The fourth-order valence-electron chi connectivity index (χ4n) is 1.54. The quantitative estimate of drug-likeness (QED) is 0.116. The molecule has 0 aliphatic heterocycles. The number of carbonyl (C=O) groups is 1. The second kappa shape index (κ2) is 78.3. The summed E-state index contributed by atoms with van der Waals surface area (Å²) in [5.74, 6) is 0.167. The number of nitrogens with two attached hydrogens (primary N) is 1. The van der Waals surface area contributed by atoms with Gasteiger partial charge in [0.25, 0.3) is 0 Å². The van der Waals surface area contributed by atoms with E-state index in [2.05, 4.69) is 166 Å². The van der Waals surface area contributed by atoms with Gasteiger partial charge >= 0.3 is 64.9 Å². The number of hydrogen-bond donors (Lipinski definition) is 4. The fourth-order valence-corrected chi connectivity index (χ4v) is 1.54. The first-order valence-corrected chi connectivity index (χ1v) is 28.6. The summed E-state index contributed by atoms with van der Waals surface area (Å²) in [4.78, 5) is 15.2. The van der Waals surface area contributed by atoms with Crippen molar-refractivity contribution in [2.45, 2.75) is 144 Å². The van der Waals surface area contributed by atoms with E-state index < -0.39 is 0 Å². The van der Waals surface area contributed by atoms with Gasteiger partial charge in [-0.3, -0.25) is 4.99 Å². The topological polar surface area (TPSA) is 91.5 Å². The van der Waals surface area contributed by atoms with Crippen LogP contribution in [0.5, 0.6) is 0 Å². The van der Waals surface area contributed by atoms with Crippen molar-refractivity contribution in [1.82, 2.24) is 16.0 Å². The van der Waals surface area contributed by atoms with E-state index in [-0.39, 0.29) is 33.0 Å². The zero-order chi connectivity index (χ0) is 31.8. The van der Waals surface area contributed by atoms with E-state index in [1.807, 2.05) is 32.6 Å². The van der Waals surface area contributed by atoms with Crippen LogP contribution in [0.4, 0.5) is 0 Å². The molecule has 0 fully saturated rings. The summed E-state index contributed by atoms with van der Waals surface area (Å²) in [5.41, 5.74) is 6.01. The number of nitrogens with zero attached hydrogens (tertiary/aromatic N) is 1. The summed E-state index contributed by atoms with van der Waals surface area (Å²) in [6.45, 7) is 35.1. The van der Waals surface area contributed by atoms with E-state index in [9.17, 15) is 4.79 Å². The van der Waals surface area contributed by atoms with Gasteiger partial charge in [0.15, 0.2) is 0 Å². The predicted molar refractivity (Wildman–Crippen MR) is 229 cm³/mol. The minimum absolute atomic E-state index is 0. The number of nitrogens with one attached hydrogen (secondary N) is 3. The monoisotopic (exact) mass is 1070 g/mol. The summed E-state index contributed by atoms with van der Waals surface area (Å²) in [6, 6.07) is 1.94. The van der Waals surface area contributed by atoms with Crippen molar-refractivity contribution in [3.8, 4) is 0 Å². The van der Waals surface area contributed by atoms with Gasteiger partial charge in [0.05, 0.1) is 0 Å². The van der Waals surface area contributed by atoms with Crippen molar-refractivity contribution in [3.63, 3.8) is 0 Å². The number of hydrogen-bond acceptors (Lipinski definition) is 6. The Balaban J connectivity index is -0.0000000269. The van der Waals surface area contributed by atoms with Gasteiger partial charge < -0.3 is 26.5 Å². The second-order valence-corrected chi connectivity index (χ2v) is 43.4. The Morgan fingerprint density at radius 2 is 0.825 bits per heavy atom. The van der Waals surface area contributed by atoms with E-state index in [1.54, 1.807) is 0 Å². The molecule has 0 atom stereocenters. The van der Waals surface area contributed by atoms with Crippen LogP contribution in [-0.2, 0) is 9.72 Å². The van der Waals surface area contributed by atoms with Crippen molar-refractivity contribution in [1.29, 1.82) is 0 Å². The Bertz CT molecular complexity index is 346. The van der Waals surface area contributed by atoms with Crippen molar-refractivity contribution in [2.24, 2.45) is 10.7 Å². The molecule has 0 radical (unpaired) electrons. The fraction of sp³-hybridized carbons (Fsp3) is 0.931. The van der Waals surface area contributed by atoms with Crippen LogP contribution in [0.3, 0.4) is 0 Å². The van der Waals surface area contributed by atoms with Gasteiger partial charge in [0, 0.05) is 30.4 Å². The van der Waals surface area contributed by atoms with Crippen molar-refractivity contribution in [3.05, 3.63) is 0 Å². The molecule has 0 amide bonds. The van der Waals surface area contributed by atoms with Crippen LogP contribution in [0, 0.1) is 0 Å². The molecule has 0 saturated carbocycles. The SMILES string of the molecule is C.C.C.CC(C)=O.CCN.CCN=C(C)C.CCNC(C)C.CCNC(C)C.CCNC(C)C.CI.[I][V]([I])[I]. The van der Waals surface area contributed by atoms with Gasteiger partial charge in [0.1, 0.15) is 5.78 Å². The summed E-state index contributed by atoms with van der Waals surface area (Å²) < 4.78 is 0. The predicted octanol–water partition coefficient (Wildman–Crippen LogP) is 10.7. The molecule has 0 bridgehead atoms. The molecule has 0 aromatic carbocycles. The number of carbonyl (C=O) groups excluding carboxylic acids is 1. The Morgan fingerprint density at radius 1 is 0.675 bits per heavy atom. The van der Waals surface area contributed by atoms with E-state index in [0.29, 0.717) is 18.1 Å². The number of rotatable bonds is 7. The van der Waals surface area contributed by atoms with Crippen LogP contribution in [0.1, 0.15) is 126 Å². The van der Waals surface area contributed by atoms with Crippen LogP contribution >= 0.6 is 82.5 Å². The maximum atomic E-state index is 9.44. The molecule has 0 aliphatic carbocycles. The van der Waals surface area contributed by atoms with Gasteiger partial charge in [-0.25, -0.2) is 0 Å². The number of aliphatic imine (C=N–C) groups is 1. The summed E-state index contributed by atoms with van der Waals surface area (Å²) in [5, 5.41) is 9.62. The summed E-state index contributed by atoms with van der Waals surface area (Å²) >= 11 is 9.54. The van der Waals surface area contributed by atoms with E-state index in [4.69, 9.17) is 5.73 Å². The molecule has 258 valence electrons.